The maximum atomic E-state index is 12.8. The van der Waals surface area contributed by atoms with Gasteiger partial charge in [0.1, 0.15) is 5.75 Å². The van der Waals surface area contributed by atoms with Gasteiger partial charge in [-0.1, -0.05) is 12.1 Å². The fourth-order valence-corrected chi connectivity index (χ4v) is 4.20. The highest BCUT2D eigenvalue weighted by atomic mass is 32.2. The van der Waals surface area contributed by atoms with E-state index in [0.29, 0.717) is 11.8 Å². The lowest BCUT2D eigenvalue weighted by Gasteiger charge is -2.36. The van der Waals surface area contributed by atoms with Gasteiger partial charge in [0.2, 0.25) is 0 Å². The highest BCUT2D eigenvalue weighted by Gasteiger charge is 2.33. The van der Waals surface area contributed by atoms with Gasteiger partial charge in [-0.25, -0.2) is 4.98 Å². The molecule has 5 nitrogen and oxygen atoms in total. The Morgan fingerprint density at radius 1 is 1.35 bits per heavy atom. The number of carbonyl (C=O) groups is 1. The Hall–Kier alpha value is -1.95. The largest absolute Gasteiger partial charge is 0.479 e. The van der Waals surface area contributed by atoms with Crippen molar-refractivity contribution in [1.82, 2.24) is 14.5 Å². The normalized spacial score (nSPS) is 23.9. The van der Waals surface area contributed by atoms with Crippen LogP contribution in [0.25, 0.3) is 0 Å². The number of carbonyl (C=O) groups excluding carboxylic acids is 1. The molecule has 0 unspecified atom stereocenters. The molecule has 0 spiro atoms. The molecule has 1 aromatic carbocycles. The predicted molar refractivity (Wildman–Crippen MR) is 88.7 cm³/mol. The SMILES string of the molecule is O=C([C@H]1CSc2ccccc2O1)N1CCC[C@H](n2ccnc2)C1. The van der Waals surface area contributed by atoms with Gasteiger partial charge in [0.15, 0.2) is 6.10 Å². The van der Waals surface area contributed by atoms with E-state index in [4.69, 9.17) is 4.74 Å². The number of piperidine rings is 1. The van der Waals surface area contributed by atoms with Crippen molar-refractivity contribution in [3.63, 3.8) is 0 Å². The predicted octanol–water partition coefficient (Wildman–Crippen LogP) is 2.60. The lowest BCUT2D eigenvalue weighted by Crippen LogP contribution is -2.48. The molecule has 2 aromatic rings. The molecule has 0 radical (unpaired) electrons. The first-order valence-corrected chi connectivity index (χ1v) is 8.94. The lowest BCUT2D eigenvalue weighted by atomic mass is 10.0. The van der Waals surface area contributed by atoms with Gasteiger partial charge in [0, 0.05) is 36.1 Å². The third kappa shape index (κ3) is 2.95. The van der Waals surface area contributed by atoms with Gasteiger partial charge in [-0.2, -0.15) is 0 Å². The number of aromatic nitrogens is 2. The third-order valence-corrected chi connectivity index (χ3v) is 5.56. The van der Waals surface area contributed by atoms with E-state index in [0.717, 1.165) is 36.6 Å². The molecule has 0 aliphatic carbocycles. The van der Waals surface area contributed by atoms with Crippen molar-refractivity contribution in [3.8, 4) is 5.75 Å². The first-order chi connectivity index (χ1) is 11.3. The van der Waals surface area contributed by atoms with Crippen LogP contribution in [-0.2, 0) is 4.79 Å². The van der Waals surface area contributed by atoms with Crippen molar-refractivity contribution >= 4 is 17.7 Å². The van der Waals surface area contributed by atoms with E-state index >= 15 is 0 Å². The molecular weight excluding hydrogens is 310 g/mol. The van der Waals surface area contributed by atoms with Gasteiger partial charge in [-0.05, 0) is 25.0 Å². The zero-order chi connectivity index (χ0) is 15.6. The number of rotatable bonds is 2. The minimum Gasteiger partial charge on any atom is -0.479 e. The summed E-state index contributed by atoms with van der Waals surface area (Å²) < 4.78 is 8.04. The van der Waals surface area contributed by atoms with Gasteiger partial charge in [0.25, 0.3) is 5.91 Å². The number of fused-ring (bicyclic) bond motifs is 1. The first kappa shape index (κ1) is 14.6. The number of likely N-dealkylation sites (tertiary alicyclic amines) is 1. The summed E-state index contributed by atoms with van der Waals surface area (Å²) in [5, 5.41) is 0. The first-order valence-electron chi connectivity index (χ1n) is 7.96. The van der Waals surface area contributed by atoms with E-state index in [2.05, 4.69) is 9.55 Å². The van der Waals surface area contributed by atoms with Crippen LogP contribution < -0.4 is 4.74 Å². The number of hydrogen-bond acceptors (Lipinski definition) is 4. The fourth-order valence-electron chi connectivity index (χ4n) is 3.23. The second-order valence-corrected chi connectivity index (χ2v) is 7.02. The van der Waals surface area contributed by atoms with Gasteiger partial charge >= 0.3 is 0 Å². The highest BCUT2D eigenvalue weighted by molar-refractivity contribution is 7.99. The molecule has 3 heterocycles. The van der Waals surface area contributed by atoms with E-state index in [1.165, 1.54) is 0 Å². The van der Waals surface area contributed by atoms with Gasteiger partial charge in [-0.3, -0.25) is 4.79 Å². The van der Waals surface area contributed by atoms with Gasteiger partial charge in [0.05, 0.1) is 12.4 Å². The Kier molecular flexibility index (Phi) is 3.99. The molecule has 1 fully saturated rings. The van der Waals surface area contributed by atoms with Crippen LogP contribution in [0.5, 0.6) is 5.75 Å². The zero-order valence-electron chi connectivity index (χ0n) is 12.8. The van der Waals surface area contributed by atoms with Crippen LogP contribution in [0.2, 0.25) is 0 Å². The van der Waals surface area contributed by atoms with E-state index in [-0.39, 0.29) is 12.0 Å². The molecule has 1 amide bonds. The summed E-state index contributed by atoms with van der Waals surface area (Å²) in [6.45, 7) is 1.55. The molecule has 1 saturated heterocycles. The van der Waals surface area contributed by atoms with Crippen molar-refractivity contribution < 1.29 is 9.53 Å². The van der Waals surface area contributed by atoms with Crippen LogP contribution in [0.4, 0.5) is 0 Å². The minimum absolute atomic E-state index is 0.108. The molecule has 2 aliphatic rings. The van der Waals surface area contributed by atoms with Gasteiger partial charge < -0.3 is 14.2 Å². The lowest BCUT2D eigenvalue weighted by molar-refractivity contribution is -0.139. The standard InChI is InChI=1S/C17H19N3O2S/c21-17(15-11-23-16-6-2-1-5-14(16)22-15)19-8-3-4-13(10-19)20-9-7-18-12-20/h1-2,5-7,9,12-13,15H,3-4,8,10-11H2/t13-,15+/m0/s1. The summed E-state index contributed by atoms with van der Waals surface area (Å²) in [5.41, 5.74) is 0. The summed E-state index contributed by atoms with van der Waals surface area (Å²) >= 11 is 1.70. The number of imidazole rings is 1. The van der Waals surface area contributed by atoms with Crippen molar-refractivity contribution in [3.05, 3.63) is 43.0 Å². The molecule has 0 saturated carbocycles. The molecule has 4 rings (SSSR count). The highest BCUT2D eigenvalue weighted by Crippen LogP contribution is 2.35. The number of para-hydroxylation sites is 1. The molecule has 23 heavy (non-hydrogen) atoms. The van der Waals surface area contributed by atoms with E-state index in [9.17, 15) is 4.79 Å². The van der Waals surface area contributed by atoms with E-state index in [1.807, 2.05) is 41.7 Å². The summed E-state index contributed by atoms with van der Waals surface area (Å²) in [4.78, 5) is 20.0. The van der Waals surface area contributed by atoms with Crippen LogP contribution in [0.15, 0.2) is 47.9 Å². The Balaban J connectivity index is 1.45. The fraction of sp³-hybridized carbons (Fsp3) is 0.412. The van der Waals surface area contributed by atoms with Crippen LogP contribution in [-0.4, -0.2) is 45.3 Å². The Morgan fingerprint density at radius 2 is 2.26 bits per heavy atom. The second kappa shape index (κ2) is 6.28. The third-order valence-electron chi connectivity index (χ3n) is 4.44. The van der Waals surface area contributed by atoms with Crippen molar-refractivity contribution in [2.45, 2.75) is 29.9 Å². The number of hydrogen-bond donors (Lipinski definition) is 0. The topological polar surface area (TPSA) is 47.4 Å². The number of nitrogens with zero attached hydrogens (tertiary/aromatic N) is 3. The summed E-state index contributed by atoms with van der Waals surface area (Å²) in [5.74, 6) is 1.62. The van der Waals surface area contributed by atoms with Crippen LogP contribution in [0.1, 0.15) is 18.9 Å². The van der Waals surface area contributed by atoms with Crippen LogP contribution in [0.3, 0.4) is 0 Å². The summed E-state index contributed by atoms with van der Waals surface area (Å²) in [6, 6.07) is 8.24. The second-order valence-electron chi connectivity index (χ2n) is 5.95. The molecule has 1 aromatic heterocycles. The maximum Gasteiger partial charge on any atom is 0.264 e. The molecule has 0 bridgehead atoms. The summed E-state index contributed by atoms with van der Waals surface area (Å²) in [7, 11) is 0. The zero-order valence-corrected chi connectivity index (χ0v) is 13.6. The monoisotopic (exact) mass is 329 g/mol. The Labute approximate surface area is 139 Å². The molecule has 2 aliphatic heterocycles. The Bertz CT molecular complexity index is 689. The summed E-state index contributed by atoms with van der Waals surface area (Å²) in [6.07, 6.45) is 7.33. The Morgan fingerprint density at radius 3 is 3.13 bits per heavy atom. The van der Waals surface area contributed by atoms with Crippen LogP contribution in [0, 0.1) is 0 Å². The smallest absolute Gasteiger partial charge is 0.264 e. The number of ether oxygens (including phenoxy) is 1. The van der Waals surface area contributed by atoms with E-state index < -0.39 is 0 Å². The average molecular weight is 329 g/mol. The average Bonchev–Trinajstić information content (AvgIpc) is 3.15. The molecule has 120 valence electrons. The van der Waals surface area contributed by atoms with Crippen LogP contribution >= 0.6 is 11.8 Å². The number of benzene rings is 1. The molecule has 6 heteroatoms. The number of amides is 1. The van der Waals surface area contributed by atoms with Gasteiger partial charge in [-0.15, -0.1) is 11.8 Å². The molecule has 0 N–H and O–H groups in total. The van der Waals surface area contributed by atoms with E-state index in [1.54, 1.807) is 18.0 Å². The minimum atomic E-state index is -0.378. The van der Waals surface area contributed by atoms with Crippen molar-refractivity contribution in [2.24, 2.45) is 0 Å². The number of thioether (sulfide) groups is 1. The van der Waals surface area contributed by atoms with Crippen molar-refractivity contribution in [1.29, 1.82) is 0 Å². The molecular formula is C17H19N3O2S. The maximum absolute atomic E-state index is 12.8. The quantitative estimate of drug-likeness (QED) is 0.850. The molecule has 2 atom stereocenters. The van der Waals surface area contributed by atoms with Crippen molar-refractivity contribution in [2.75, 3.05) is 18.8 Å².